The molecular formula is C19H35ClO. The first-order valence-corrected chi connectivity index (χ1v) is 9.71. The van der Waals surface area contributed by atoms with Gasteiger partial charge in [0.05, 0.1) is 6.10 Å². The lowest BCUT2D eigenvalue weighted by Gasteiger charge is -2.37. The second kappa shape index (κ2) is 8.20. The Bertz CT molecular complexity index is 282. The van der Waals surface area contributed by atoms with Crippen molar-refractivity contribution in [2.75, 3.05) is 0 Å². The lowest BCUT2D eigenvalue weighted by Crippen LogP contribution is -2.31. The molecular weight excluding hydrogens is 280 g/mol. The summed E-state index contributed by atoms with van der Waals surface area (Å²) in [5.41, 5.74) is 0. The van der Waals surface area contributed by atoms with Gasteiger partial charge in [0.15, 0.2) is 0 Å². The fourth-order valence-electron chi connectivity index (χ4n) is 4.80. The largest absolute Gasteiger partial charge is 0.393 e. The second-order valence-corrected chi connectivity index (χ2v) is 8.89. The lowest BCUT2D eigenvalue weighted by molar-refractivity contribution is 0.106. The number of halogens is 1. The van der Waals surface area contributed by atoms with Crippen LogP contribution in [0.1, 0.15) is 78.6 Å². The first-order chi connectivity index (χ1) is 9.95. The molecule has 0 aromatic rings. The molecule has 0 saturated heterocycles. The molecule has 2 fully saturated rings. The van der Waals surface area contributed by atoms with Gasteiger partial charge in [-0.15, -0.1) is 11.6 Å². The van der Waals surface area contributed by atoms with Gasteiger partial charge < -0.3 is 5.11 Å². The maximum Gasteiger partial charge on any atom is 0.0542 e. The molecule has 7 atom stereocenters. The van der Waals surface area contributed by atoms with Gasteiger partial charge in [-0.3, -0.25) is 0 Å². The Labute approximate surface area is 136 Å². The van der Waals surface area contributed by atoms with Gasteiger partial charge in [-0.05, 0) is 68.1 Å². The SMILES string of the molecule is CC1CCC(CCC2C(C)CC(C)CC2Cl)CCC(O)C1. The molecule has 1 nitrogen and oxygen atoms in total. The van der Waals surface area contributed by atoms with E-state index in [9.17, 15) is 5.11 Å². The molecule has 2 aliphatic carbocycles. The number of rotatable bonds is 3. The van der Waals surface area contributed by atoms with Crippen LogP contribution in [0.25, 0.3) is 0 Å². The fraction of sp³-hybridized carbons (Fsp3) is 1.00. The summed E-state index contributed by atoms with van der Waals surface area (Å²) in [6.07, 6.45) is 11.0. The van der Waals surface area contributed by atoms with Gasteiger partial charge in [0.2, 0.25) is 0 Å². The molecule has 2 rings (SSSR count). The van der Waals surface area contributed by atoms with Gasteiger partial charge in [-0.1, -0.05) is 40.0 Å². The number of aliphatic hydroxyl groups excluding tert-OH is 1. The normalized spacial score (nSPS) is 45.9. The molecule has 0 bridgehead atoms. The summed E-state index contributed by atoms with van der Waals surface area (Å²) in [7, 11) is 0. The summed E-state index contributed by atoms with van der Waals surface area (Å²) in [6, 6.07) is 0. The molecule has 0 radical (unpaired) electrons. The zero-order chi connectivity index (χ0) is 15.4. The standard InChI is InChI=1S/C19H35ClO/c1-13-4-5-16(6-8-17(21)11-13)7-9-18-15(3)10-14(2)12-19(18)20/h13-19,21H,4-12H2,1-3H3. The lowest BCUT2D eigenvalue weighted by atomic mass is 9.72. The topological polar surface area (TPSA) is 20.2 Å². The Kier molecular flexibility index (Phi) is 6.87. The van der Waals surface area contributed by atoms with Crippen LogP contribution in [0.4, 0.5) is 0 Å². The first kappa shape index (κ1) is 17.6. The van der Waals surface area contributed by atoms with E-state index in [1.807, 2.05) is 0 Å². The van der Waals surface area contributed by atoms with E-state index in [0.717, 1.165) is 36.5 Å². The van der Waals surface area contributed by atoms with Crippen molar-refractivity contribution >= 4 is 11.6 Å². The minimum absolute atomic E-state index is 0.0574. The highest BCUT2D eigenvalue weighted by Gasteiger charge is 2.33. The minimum Gasteiger partial charge on any atom is -0.393 e. The van der Waals surface area contributed by atoms with Gasteiger partial charge >= 0.3 is 0 Å². The maximum absolute atomic E-state index is 10.0. The highest BCUT2D eigenvalue weighted by atomic mass is 35.5. The summed E-state index contributed by atoms with van der Waals surface area (Å²) < 4.78 is 0. The molecule has 0 aromatic carbocycles. The van der Waals surface area contributed by atoms with E-state index in [4.69, 9.17) is 11.6 Å². The number of hydrogen-bond acceptors (Lipinski definition) is 1. The molecule has 124 valence electrons. The van der Waals surface area contributed by atoms with E-state index >= 15 is 0 Å². The van der Waals surface area contributed by atoms with Gasteiger partial charge in [0.1, 0.15) is 0 Å². The molecule has 0 heterocycles. The molecule has 7 unspecified atom stereocenters. The predicted octanol–water partition coefficient (Wildman–Crippen LogP) is 5.63. The molecule has 0 amide bonds. The number of aliphatic hydroxyl groups is 1. The van der Waals surface area contributed by atoms with E-state index in [1.54, 1.807) is 0 Å². The average molecular weight is 315 g/mol. The van der Waals surface area contributed by atoms with Crippen LogP contribution in [0.5, 0.6) is 0 Å². The van der Waals surface area contributed by atoms with Crippen LogP contribution in [0, 0.1) is 29.6 Å². The van der Waals surface area contributed by atoms with Crippen molar-refractivity contribution in [3.05, 3.63) is 0 Å². The van der Waals surface area contributed by atoms with Gasteiger partial charge in [0, 0.05) is 5.38 Å². The molecule has 2 aliphatic rings. The summed E-state index contributed by atoms with van der Waals surface area (Å²) in [4.78, 5) is 0. The zero-order valence-electron chi connectivity index (χ0n) is 14.2. The van der Waals surface area contributed by atoms with Crippen molar-refractivity contribution < 1.29 is 5.11 Å². The van der Waals surface area contributed by atoms with E-state index in [-0.39, 0.29) is 6.10 Å². The zero-order valence-corrected chi connectivity index (χ0v) is 15.0. The summed E-state index contributed by atoms with van der Waals surface area (Å²) in [5, 5.41) is 10.4. The van der Waals surface area contributed by atoms with Crippen LogP contribution in [0.3, 0.4) is 0 Å². The maximum atomic E-state index is 10.0. The molecule has 21 heavy (non-hydrogen) atoms. The van der Waals surface area contributed by atoms with E-state index in [1.165, 1.54) is 44.9 Å². The molecule has 0 aromatic heterocycles. The smallest absolute Gasteiger partial charge is 0.0542 e. The highest BCUT2D eigenvalue weighted by molar-refractivity contribution is 6.20. The summed E-state index contributed by atoms with van der Waals surface area (Å²) in [6.45, 7) is 7.05. The van der Waals surface area contributed by atoms with Crippen molar-refractivity contribution in [3.63, 3.8) is 0 Å². The van der Waals surface area contributed by atoms with Gasteiger partial charge in [-0.2, -0.15) is 0 Å². The van der Waals surface area contributed by atoms with Crippen LogP contribution >= 0.6 is 11.6 Å². The van der Waals surface area contributed by atoms with Crippen LogP contribution in [0.15, 0.2) is 0 Å². The molecule has 1 N–H and O–H groups in total. The Morgan fingerprint density at radius 1 is 0.857 bits per heavy atom. The van der Waals surface area contributed by atoms with Crippen molar-refractivity contribution in [1.82, 2.24) is 0 Å². The van der Waals surface area contributed by atoms with Crippen molar-refractivity contribution in [3.8, 4) is 0 Å². The Hall–Kier alpha value is 0.250. The van der Waals surface area contributed by atoms with Crippen LogP contribution in [-0.4, -0.2) is 16.6 Å². The Morgan fingerprint density at radius 2 is 1.57 bits per heavy atom. The van der Waals surface area contributed by atoms with Crippen molar-refractivity contribution in [1.29, 1.82) is 0 Å². The van der Waals surface area contributed by atoms with E-state index in [0.29, 0.717) is 11.3 Å². The van der Waals surface area contributed by atoms with Crippen LogP contribution in [0.2, 0.25) is 0 Å². The monoisotopic (exact) mass is 314 g/mol. The number of alkyl halides is 1. The Morgan fingerprint density at radius 3 is 2.29 bits per heavy atom. The summed E-state index contributed by atoms with van der Waals surface area (Å²) in [5.74, 6) is 3.82. The molecule has 2 saturated carbocycles. The van der Waals surface area contributed by atoms with Gasteiger partial charge in [-0.25, -0.2) is 0 Å². The first-order valence-electron chi connectivity index (χ1n) is 9.27. The minimum atomic E-state index is -0.0574. The fourth-order valence-corrected chi connectivity index (χ4v) is 5.47. The van der Waals surface area contributed by atoms with Crippen molar-refractivity contribution in [2.24, 2.45) is 29.6 Å². The third-order valence-corrected chi connectivity index (χ3v) is 6.66. The van der Waals surface area contributed by atoms with E-state index < -0.39 is 0 Å². The van der Waals surface area contributed by atoms with Gasteiger partial charge in [0.25, 0.3) is 0 Å². The van der Waals surface area contributed by atoms with Crippen LogP contribution in [-0.2, 0) is 0 Å². The summed E-state index contributed by atoms with van der Waals surface area (Å²) >= 11 is 6.65. The molecule has 0 spiro atoms. The third kappa shape index (κ3) is 5.43. The third-order valence-electron chi connectivity index (χ3n) is 6.16. The van der Waals surface area contributed by atoms with E-state index in [2.05, 4.69) is 20.8 Å². The van der Waals surface area contributed by atoms with Crippen molar-refractivity contribution in [2.45, 2.75) is 90.0 Å². The Balaban J connectivity index is 1.80. The molecule has 0 aliphatic heterocycles. The number of hydrogen-bond donors (Lipinski definition) is 1. The second-order valence-electron chi connectivity index (χ2n) is 8.33. The quantitative estimate of drug-likeness (QED) is 0.669. The van der Waals surface area contributed by atoms with Crippen LogP contribution < -0.4 is 0 Å². The molecule has 2 heteroatoms. The predicted molar refractivity (Wildman–Crippen MR) is 91.7 cm³/mol. The average Bonchev–Trinajstić information content (AvgIpc) is 2.37. The highest BCUT2D eigenvalue weighted by Crippen LogP contribution is 2.40.